The van der Waals surface area contributed by atoms with Gasteiger partial charge in [-0.1, -0.05) is 54.6 Å². The van der Waals surface area contributed by atoms with Crippen molar-refractivity contribution in [3.8, 4) is 0 Å². The lowest BCUT2D eigenvalue weighted by Gasteiger charge is -2.28. The first-order chi connectivity index (χ1) is 12.1. The zero-order valence-corrected chi connectivity index (χ0v) is 14.0. The van der Waals surface area contributed by atoms with Crippen molar-refractivity contribution < 1.29 is 14.3 Å². The van der Waals surface area contributed by atoms with Crippen LogP contribution in [-0.4, -0.2) is 18.1 Å². The van der Waals surface area contributed by atoms with Gasteiger partial charge in [-0.3, -0.25) is 4.79 Å². The van der Waals surface area contributed by atoms with Gasteiger partial charge < -0.3 is 15.8 Å². The van der Waals surface area contributed by atoms with Gasteiger partial charge in [-0.25, -0.2) is 4.79 Å². The Labute approximate surface area is 147 Å². The first-order valence-electron chi connectivity index (χ1n) is 8.51. The molecule has 1 unspecified atom stereocenters. The third kappa shape index (κ3) is 4.38. The van der Waals surface area contributed by atoms with E-state index in [0.717, 1.165) is 30.4 Å². The van der Waals surface area contributed by atoms with E-state index in [0.29, 0.717) is 6.42 Å². The van der Waals surface area contributed by atoms with E-state index < -0.39 is 12.2 Å². The maximum absolute atomic E-state index is 12.7. The molecule has 3 N–H and O–H groups in total. The van der Waals surface area contributed by atoms with Crippen LogP contribution in [-0.2, 0) is 22.4 Å². The predicted molar refractivity (Wildman–Crippen MR) is 94.9 cm³/mol. The standard InChI is InChI=1S/C20H22N2O3/c21-20(24)25-18(13-14-7-2-1-3-8-14)19(23)22-17-12-6-10-15-9-4-5-11-16(15)17/h1-5,7-9,11,17-18H,6,10,12-13H2,(H2,21,24)(H,22,23)/t17-,18?/m1/s1. The minimum absolute atomic E-state index is 0.0628. The Hall–Kier alpha value is -2.82. The molecule has 5 heteroatoms. The summed E-state index contributed by atoms with van der Waals surface area (Å²) in [6, 6.07) is 17.5. The molecule has 0 spiro atoms. The summed E-state index contributed by atoms with van der Waals surface area (Å²) in [6.07, 6.45) is 1.33. The Morgan fingerprint density at radius 3 is 2.60 bits per heavy atom. The number of carbonyl (C=O) groups is 2. The average Bonchev–Trinajstić information content (AvgIpc) is 2.62. The van der Waals surface area contributed by atoms with E-state index in [2.05, 4.69) is 11.4 Å². The number of ether oxygens (including phenoxy) is 1. The first-order valence-corrected chi connectivity index (χ1v) is 8.51. The van der Waals surface area contributed by atoms with Gasteiger partial charge in [-0.2, -0.15) is 0 Å². The van der Waals surface area contributed by atoms with E-state index in [1.54, 1.807) is 0 Å². The minimum atomic E-state index is -0.944. The van der Waals surface area contributed by atoms with Crippen LogP contribution in [0.5, 0.6) is 0 Å². The van der Waals surface area contributed by atoms with Crippen molar-refractivity contribution in [3.63, 3.8) is 0 Å². The zero-order chi connectivity index (χ0) is 17.6. The highest BCUT2D eigenvalue weighted by molar-refractivity contribution is 5.84. The lowest BCUT2D eigenvalue weighted by Crippen LogP contribution is -2.42. The van der Waals surface area contributed by atoms with E-state index >= 15 is 0 Å². The van der Waals surface area contributed by atoms with Crippen LogP contribution in [0.4, 0.5) is 4.79 Å². The second-order valence-corrected chi connectivity index (χ2v) is 6.27. The van der Waals surface area contributed by atoms with Gasteiger partial charge in [-0.05, 0) is 36.0 Å². The van der Waals surface area contributed by atoms with E-state index in [9.17, 15) is 9.59 Å². The van der Waals surface area contributed by atoms with Crippen LogP contribution < -0.4 is 11.1 Å². The van der Waals surface area contributed by atoms with Crippen LogP contribution in [0, 0.1) is 0 Å². The van der Waals surface area contributed by atoms with E-state index in [1.807, 2.05) is 48.5 Å². The molecular formula is C20H22N2O3. The topological polar surface area (TPSA) is 81.4 Å². The third-order valence-corrected chi connectivity index (χ3v) is 4.50. The number of rotatable bonds is 5. The van der Waals surface area contributed by atoms with Crippen LogP contribution in [0.15, 0.2) is 54.6 Å². The Morgan fingerprint density at radius 1 is 1.12 bits per heavy atom. The average molecular weight is 338 g/mol. The van der Waals surface area contributed by atoms with Gasteiger partial charge >= 0.3 is 6.09 Å². The molecule has 130 valence electrons. The molecule has 1 aliphatic rings. The smallest absolute Gasteiger partial charge is 0.405 e. The molecule has 2 amide bonds. The monoisotopic (exact) mass is 338 g/mol. The molecule has 0 saturated heterocycles. The molecule has 0 aromatic heterocycles. The van der Waals surface area contributed by atoms with Crippen molar-refractivity contribution in [1.29, 1.82) is 0 Å². The van der Waals surface area contributed by atoms with E-state index in [-0.39, 0.29) is 11.9 Å². The Bertz CT molecular complexity index is 746. The number of nitrogens with two attached hydrogens (primary N) is 1. The van der Waals surface area contributed by atoms with Crippen molar-refractivity contribution in [2.45, 2.75) is 37.8 Å². The van der Waals surface area contributed by atoms with Crippen molar-refractivity contribution in [3.05, 3.63) is 71.3 Å². The highest BCUT2D eigenvalue weighted by Gasteiger charge is 2.27. The van der Waals surface area contributed by atoms with Crippen LogP contribution in [0.2, 0.25) is 0 Å². The fourth-order valence-electron chi connectivity index (χ4n) is 3.32. The van der Waals surface area contributed by atoms with Crippen molar-refractivity contribution >= 4 is 12.0 Å². The van der Waals surface area contributed by atoms with E-state index in [4.69, 9.17) is 10.5 Å². The van der Waals surface area contributed by atoms with Crippen LogP contribution in [0.25, 0.3) is 0 Å². The largest absolute Gasteiger partial charge is 0.436 e. The number of benzene rings is 2. The summed E-state index contributed by atoms with van der Waals surface area (Å²) in [6.45, 7) is 0. The van der Waals surface area contributed by atoms with Crippen LogP contribution in [0.3, 0.4) is 0 Å². The van der Waals surface area contributed by atoms with Crippen molar-refractivity contribution in [2.75, 3.05) is 0 Å². The lowest BCUT2D eigenvalue weighted by molar-refractivity contribution is -0.130. The van der Waals surface area contributed by atoms with Gasteiger partial charge in [0.25, 0.3) is 5.91 Å². The molecule has 2 aromatic rings. The van der Waals surface area contributed by atoms with Gasteiger partial charge in [-0.15, -0.1) is 0 Å². The highest BCUT2D eigenvalue weighted by Crippen LogP contribution is 2.29. The third-order valence-electron chi connectivity index (χ3n) is 4.50. The zero-order valence-electron chi connectivity index (χ0n) is 14.0. The highest BCUT2D eigenvalue weighted by atomic mass is 16.6. The van der Waals surface area contributed by atoms with Crippen LogP contribution >= 0.6 is 0 Å². The van der Waals surface area contributed by atoms with Crippen molar-refractivity contribution in [2.24, 2.45) is 5.73 Å². The molecule has 0 saturated carbocycles. The van der Waals surface area contributed by atoms with Gasteiger partial charge in [0, 0.05) is 6.42 Å². The number of fused-ring (bicyclic) bond motifs is 1. The molecule has 0 bridgehead atoms. The van der Waals surface area contributed by atoms with Crippen LogP contribution in [0.1, 0.15) is 35.6 Å². The summed E-state index contributed by atoms with van der Waals surface area (Å²) in [5, 5.41) is 3.03. The maximum Gasteiger partial charge on any atom is 0.405 e. The summed E-state index contributed by atoms with van der Waals surface area (Å²) in [4.78, 5) is 23.9. The molecular weight excluding hydrogens is 316 g/mol. The number of aryl methyl sites for hydroxylation is 1. The summed E-state index contributed by atoms with van der Waals surface area (Å²) in [7, 11) is 0. The molecule has 1 aliphatic carbocycles. The Morgan fingerprint density at radius 2 is 1.84 bits per heavy atom. The number of amides is 2. The Kier molecular flexibility index (Phi) is 5.33. The minimum Gasteiger partial charge on any atom is -0.436 e. The predicted octanol–water partition coefficient (Wildman–Crippen LogP) is 2.89. The van der Waals surface area contributed by atoms with Gasteiger partial charge in [0.2, 0.25) is 0 Å². The number of hydrogen-bond acceptors (Lipinski definition) is 3. The molecule has 5 nitrogen and oxygen atoms in total. The summed E-state index contributed by atoms with van der Waals surface area (Å²) < 4.78 is 5.07. The maximum atomic E-state index is 12.7. The molecule has 3 rings (SSSR count). The second-order valence-electron chi connectivity index (χ2n) is 6.27. The number of carbonyl (C=O) groups excluding carboxylic acids is 2. The molecule has 2 aromatic carbocycles. The van der Waals surface area contributed by atoms with E-state index in [1.165, 1.54) is 5.56 Å². The quantitative estimate of drug-likeness (QED) is 0.879. The van der Waals surface area contributed by atoms with Gasteiger partial charge in [0.15, 0.2) is 6.10 Å². The fourth-order valence-corrected chi connectivity index (χ4v) is 3.32. The normalized spacial score (nSPS) is 17.2. The molecule has 0 fully saturated rings. The van der Waals surface area contributed by atoms with Gasteiger partial charge in [0.1, 0.15) is 0 Å². The SMILES string of the molecule is NC(=O)OC(Cc1ccccc1)C(=O)N[C@@H]1CCCc2ccccc21. The summed E-state index contributed by atoms with van der Waals surface area (Å²) >= 11 is 0. The molecule has 0 aliphatic heterocycles. The Balaban J connectivity index is 1.73. The summed E-state index contributed by atoms with van der Waals surface area (Å²) in [5.74, 6) is -0.315. The number of primary amides is 1. The molecule has 2 atom stereocenters. The number of hydrogen-bond donors (Lipinski definition) is 2. The first kappa shape index (κ1) is 17.0. The molecule has 25 heavy (non-hydrogen) atoms. The fraction of sp³-hybridized carbons (Fsp3) is 0.300. The summed E-state index contributed by atoms with van der Waals surface area (Å²) in [5.41, 5.74) is 8.46. The number of nitrogens with one attached hydrogen (secondary N) is 1. The lowest BCUT2D eigenvalue weighted by atomic mass is 9.87. The second kappa shape index (κ2) is 7.83. The molecule has 0 heterocycles. The molecule has 0 radical (unpaired) electrons. The van der Waals surface area contributed by atoms with Gasteiger partial charge in [0.05, 0.1) is 6.04 Å². The van der Waals surface area contributed by atoms with Crippen molar-refractivity contribution in [1.82, 2.24) is 5.32 Å².